The van der Waals surface area contributed by atoms with Gasteiger partial charge in [-0.05, 0) is 23.8 Å². The van der Waals surface area contributed by atoms with E-state index in [1.54, 1.807) is 18.5 Å². The Morgan fingerprint density at radius 3 is 2.41 bits per heavy atom. The van der Waals surface area contributed by atoms with Gasteiger partial charge in [0.1, 0.15) is 5.82 Å². The van der Waals surface area contributed by atoms with E-state index in [0.29, 0.717) is 6.42 Å². The van der Waals surface area contributed by atoms with E-state index < -0.39 is 0 Å². The van der Waals surface area contributed by atoms with Gasteiger partial charge in [0, 0.05) is 31.4 Å². The molecule has 1 amide bonds. The van der Waals surface area contributed by atoms with Crippen LogP contribution < -0.4 is 5.32 Å². The molecule has 0 fully saturated rings. The second-order valence-corrected chi connectivity index (χ2v) is 3.72. The molecule has 0 bridgehead atoms. The predicted octanol–water partition coefficient (Wildman–Crippen LogP) is 2.03. The summed E-state index contributed by atoms with van der Waals surface area (Å²) in [7, 11) is 0. The summed E-state index contributed by atoms with van der Waals surface area (Å²) in [4.78, 5) is 19.2. The Morgan fingerprint density at radius 2 is 1.82 bits per heavy atom. The van der Waals surface area contributed by atoms with Crippen LogP contribution in [0.25, 0.3) is 0 Å². The van der Waals surface area contributed by atoms with Gasteiger partial charge in [-0.25, -0.2) is 9.97 Å². The molecule has 17 heavy (non-hydrogen) atoms. The summed E-state index contributed by atoms with van der Waals surface area (Å²) in [6.45, 7) is 1.49. The fourth-order valence-corrected chi connectivity index (χ4v) is 1.51. The number of hydrogen-bond acceptors (Lipinski definition) is 3. The highest BCUT2D eigenvalue weighted by molar-refractivity contribution is 5.88. The first kappa shape index (κ1) is 11.3. The number of hydrogen-bond donors (Lipinski definition) is 1. The number of nitrogens with one attached hydrogen (secondary N) is 1. The average molecular weight is 227 g/mol. The van der Waals surface area contributed by atoms with E-state index in [0.717, 1.165) is 17.1 Å². The normalized spacial score (nSPS) is 9.94. The van der Waals surface area contributed by atoms with Crippen molar-refractivity contribution in [2.24, 2.45) is 0 Å². The van der Waals surface area contributed by atoms with E-state index in [1.165, 1.54) is 6.92 Å². The van der Waals surface area contributed by atoms with Gasteiger partial charge in [-0.3, -0.25) is 4.79 Å². The molecule has 0 radical (unpaired) electrons. The molecule has 0 unspecified atom stereocenters. The van der Waals surface area contributed by atoms with E-state index in [-0.39, 0.29) is 5.91 Å². The third-order valence-electron chi connectivity index (χ3n) is 2.26. The molecule has 4 nitrogen and oxygen atoms in total. The predicted molar refractivity (Wildman–Crippen MR) is 65.6 cm³/mol. The molecule has 1 aromatic carbocycles. The fraction of sp³-hybridized carbons (Fsp3) is 0.154. The number of anilines is 1. The second kappa shape index (κ2) is 5.21. The summed E-state index contributed by atoms with van der Waals surface area (Å²) in [5.74, 6) is 0.726. The second-order valence-electron chi connectivity index (χ2n) is 3.72. The molecule has 0 saturated heterocycles. The van der Waals surface area contributed by atoms with Crippen LogP contribution in [0.2, 0.25) is 0 Å². The SMILES string of the molecule is CC(=O)Nc1ccc(Cc2ncccn2)cc1. The van der Waals surface area contributed by atoms with E-state index in [9.17, 15) is 4.79 Å². The summed E-state index contributed by atoms with van der Waals surface area (Å²) in [5, 5.41) is 2.73. The lowest BCUT2D eigenvalue weighted by molar-refractivity contribution is -0.114. The first-order valence-corrected chi connectivity index (χ1v) is 5.36. The summed E-state index contributed by atoms with van der Waals surface area (Å²) in [6.07, 6.45) is 4.16. The van der Waals surface area contributed by atoms with Gasteiger partial charge in [0.15, 0.2) is 0 Å². The molecule has 2 aromatic rings. The lowest BCUT2D eigenvalue weighted by atomic mass is 10.1. The van der Waals surface area contributed by atoms with Gasteiger partial charge in [0.25, 0.3) is 0 Å². The molecule has 0 saturated carbocycles. The highest BCUT2D eigenvalue weighted by atomic mass is 16.1. The molecule has 0 spiro atoms. The number of aromatic nitrogens is 2. The van der Waals surface area contributed by atoms with E-state index in [4.69, 9.17) is 0 Å². The van der Waals surface area contributed by atoms with Crippen molar-refractivity contribution in [3.63, 3.8) is 0 Å². The van der Waals surface area contributed by atoms with Crippen molar-refractivity contribution < 1.29 is 4.79 Å². The summed E-state index contributed by atoms with van der Waals surface area (Å²) < 4.78 is 0. The fourth-order valence-electron chi connectivity index (χ4n) is 1.51. The number of amides is 1. The summed E-state index contributed by atoms with van der Waals surface area (Å²) in [6, 6.07) is 9.46. The molecule has 2 rings (SSSR count). The van der Waals surface area contributed by atoms with E-state index in [2.05, 4.69) is 15.3 Å². The zero-order valence-electron chi connectivity index (χ0n) is 9.55. The highest BCUT2D eigenvalue weighted by Crippen LogP contribution is 2.11. The molecule has 1 aromatic heterocycles. The minimum absolute atomic E-state index is 0.0656. The van der Waals surface area contributed by atoms with Gasteiger partial charge in [0.2, 0.25) is 5.91 Å². The minimum atomic E-state index is -0.0656. The van der Waals surface area contributed by atoms with Crippen LogP contribution in [0.5, 0.6) is 0 Å². The van der Waals surface area contributed by atoms with Crippen LogP contribution in [-0.2, 0) is 11.2 Å². The Hall–Kier alpha value is -2.23. The number of nitrogens with zero attached hydrogens (tertiary/aromatic N) is 2. The zero-order valence-corrected chi connectivity index (χ0v) is 9.55. The molecule has 86 valence electrons. The standard InChI is InChI=1S/C13H13N3O/c1-10(17)16-12-5-3-11(4-6-12)9-13-14-7-2-8-15-13/h2-8H,9H2,1H3,(H,16,17). The lowest BCUT2D eigenvalue weighted by Gasteiger charge is -2.03. The Morgan fingerprint density at radius 1 is 1.18 bits per heavy atom. The quantitative estimate of drug-likeness (QED) is 0.872. The molecular weight excluding hydrogens is 214 g/mol. The van der Waals surface area contributed by atoms with Gasteiger partial charge < -0.3 is 5.32 Å². The number of rotatable bonds is 3. The largest absolute Gasteiger partial charge is 0.326 e. The first-order chi connectivity index (χ1) is 8.24. The van der Waals surface area contributed by atoms with Crippen LogP contribution in [0.15, 0.2) is 42.7 Å². The average Bonchev–Trinajstić information content (AvgIpc) is 2.32. The van der Waals surface area contributed by atoms with Gasteiger partial charge in [-0.1, -0.05) is 12.1 Å². The van der Waals surface area contributed by atoms with Gasteiger partial charge in [-0.2, -0.15) is 0 Å². The van der Waals surface area contributed by atoms with Crippen molar-refractivity contribution in [3.8, 4) is 0 Å². The lowest BCUT2D eigenvalue weighted by Crippen LogP contribution is -2.05. The molecule has 0 atom stereocenters. The smallest absolute Gasteiger partial charge is 0.221 e. The maximum atomic E-state index is 10.9. The summed E-state index contributed by atoms with van der Waals surface area (Å²) in [5.41, 5.74) is 1.92. The number of carbonyl (C=O) groups is 1. The van der Waals surface area contributed by atoms with E-state index in [1.807, 2.05) is 24.3 Å². The summed E-state index contributed by atoms with van der Waals surface area (Å²) >= 11 is 0. The Labute approximate surface area is 99.7 Å². The minimum Gasteiger partial charge on any atom is -0.326 e. The zero-order chi connectivity index (χ0) is 12.1. The van der Waals surface area contributed by atoms with Crippen LogP contribution >= 0.6 is 0 Å². The Kier molecular flexibility index (Phi) is 3.45. The monoisotopic (exact) mass is 227 g/mol. The van der Waals surface area contributed by atoms with Crippen LogP contribution in [0.1, 0.15) is 18.3 Å². The van der Waals surface area contributed by atoms with Crippen molar-refractivity contribution in [3.05, 3.63) is 54.1 Å². The van der Waals surface area contributed by atoms with Gasteiger partial charge in [0.05, 0.1) is 0 Å². The number of benzene rings is 1. The van der Waals surface area contributed by atoms with Crippen molar-refractivity contribution in [2.75, 3.05) is 5.32 Å². The van der Waals surface area contributed by atoms with Crippen molar-refractivity contribution in [1.82, 2.24) is 9.97 Å². The van der Waals surface area contributed by atoms with E-state index >= 15 is 0 Å². The van der Waals surface area contributed by atoms with Crippen molar-refractivity contribution in [1.29, 1.82) is 0 Å². The first-order valence-electron chi connectivity index (χ1n) is 5.36. The maximum Gasteiger partial charge on any atom is 0.221 e. The maximum absolute atomic E-state index is 10.9. The third kappa shape index (κ3) is 3.38. The van der Waals surface area contributed by atoms with Crippen LogP contribution in [-0.4, -0.2) is 15.9 Å². The van der Waals surface area contributed by atoms with Crippen LogP contribution in [0.3, 0.4) is 0 Å². The van der Waals surface area contributed by atoms with Crippen LogP contribution in [0, 0.1) is 0 Å². The topological polar surface area (TPSA) is 54.9 Å². The molecule has 1 heterocycles. The molecule has 0 aliphatic heterocycles. The molecule has 1 N–H and O–H groups in total. The molecular formula is C13H13N3O. The molecule has 4 heteroatoms. The van der Waals surface area contributed by atoms with Crippen molar-refractivity contribution in [2.45, 2.75) is 13.3 Å². The third-order valence-corrected chi connectivity index (χ3v) is 2.26. The molecule has 0 aliphatic rings. The Bertz CT molecular complexity index is 494. The van der Waals surface area contributed by atoms with Gasteiger partial charge in [-0.15, -0.1) is 0 Å². The van der Waals surface area contributed by atoms with Crippen LogP contribution in [0.4, 0.5) is 5.69 Å². The Balaban J connectivity index is 2.06. The highest BCUT2D eigenvalue weighted by Gasteiger charge is 1.99. The van der Waals surface area contributed by atoms with Gasteiger partial charge >= 0.3 is 0 Å². The van der Waals surface area contributed by atoms with Crippen molar-refractivity contribution >= 4 is 11.6 Å². The molecule has 0 aliphatic carbocycles. The number of carbonyl (C=O) groups excluding carboxylic acids is 1.